The summed E-state index contributed by atoms with van der Waals surface area (Å²) in [5.74, 6) is -0.0782. The molecule has 2 aromatic rings. The van der Waals surface area contributed by atoms with Crippen molar-refractivity contribution in [2.75, 3.05) is 6.54 Å². The number of hydrogen-bond donors (Lipinski definition) is 1. The van der Waals surface area contributed by atoms with Gasteiger partial charge in [0.25, 0.3) is 5.91 Å². The maximum Gasteiger partial charge on any atom is 0.255 e. The van der Waals surface area contributed by atoms with Gasteiger partial charge in [0.1, 0.15) is 5.75 Å². The summed E-state index contributed by atoms with van der Waals surface area (Å²) in [4.78, 5) is 14.5. The van der Waals surface area contributed by atoms with Crippen LogP contribution in [0.5, 0.6) is 5.75 Å². The monoisotopic (exact) mass is 301 g/mol. The molecule has 0 saturated heterocycles. The van der Waals surface area contributed by atoms with E-state index in [2.05, 4.69) is 12.1 Å². The third kappa shape index (κ3) is 2.88. The zero-order valence-electron chi connectivity index (χ0n) is 11.6. The van der Waals surface area contributed by atoms with E-state index < -0.39 is 0 Å². The van der Waals surface area contributed by atoms with Gasteiger partial charge in [-0.2, -0.15) is 0 Å². The molecule has 0 unspecified atom stereocenters. The van der Waals surface area contributed by atoms with Crippen LogP contribution in [-0.4, -0.2) is 22.5 Å². The molecule has 0 aliphatic carbocycles. The first-order valence-electron chi connectivity index (χ1n) is 7.00. The first-order chi connectivity index (χ1) is 10.1. The Hall–Kier alpha value is -2.00. The normalized spacial score (nSPS) is 14.4. The molecule has 3 rings (SSSR count). The minimum Gasteiger partial charge on any atom is -0.508 e. The number of carbonyl (C=O) groups excluding carboxylic acids is 1. The zero-order valence-corrected chi connectivity index (χ0v) is 12.3. The van der Waals surface area contributed by atoms with Crippen LogP contribution in [0.2, 0.25) is 5.02 Å². The van der Waals surface area contributed by atoms with Crippen molar-refractivity contribution in [3.63, 3.8) is 0 Å². The number of carbonyl (C=O) groups is 1. The Morgan fingerprint density at radius 2 is 1.90 bits per heavy atom. The molecule has 0 spiro atoms. The Labute approximate surface area is 128 Å². The highest BCUT2D eigenvalue weighted by Crippen LogP contribution is 2.25. The summed E-state index contributed by atoms with van der Waals surface area (Å²) < 4.78 is 0. The Morgan fingerprint density at radius 3 is 2.71 bits per heavy atom. The molecule has 1 amide bonds. The topological polar surface area (TPSA) is 40.5 Å². The molecule has 1 heterocycles. The second kappa shape index (κ2) is 5.78. The van der Waals surface area contributed by atoms with E-state index in [1.54, 1.807) is 11.0 Å². The van der Waals surface area contributed by atoms with Crippen molar-refractivity contribution in [1.82, 2.24) is 4.90 Å². The lowest BCUT2D eigenvalue weighted by Crippen LogP contribution is -2.30. The van der Waals surface area contributed by atoms with Gasteiger partial charge in [-0.25, -0.2) is 0 Å². The average Bonchev–Trinajstić information content (AvgIpc) is 2.71. The first kappa shape index (κ1) is 14.0. The van der Waals surface area contributed by atoms with Crippen molar-refractivity contribution >= 4 is 17.5 Å². The third-order valence-electron chi connectivity index (χ3n) is 3.82. The Balaban J connectivity index is 1.90. The number of amides is 1. The van der Waals surface area contributed by atoms with Gasteiger partial charge in [0.15, 0.2) is 0 Å². The first-order valence-corrected chi connectivity index (χ1v) is 7.37. The van der Waals surface area contributed by atoms with Gasteiger partial charge in [-0.3, -0.25) is 4.79 Å². The van der Waals surface area contributed by atoms with Crippen molar-refractivity contribution < 1.29 is 9.90 Å². The SMILES string of the molecule is O=C(c1cc(O)ccc1Cl)N1CCCc2ccccc2C1. The number of phenolic OH excluding ortho intramolecular Hbond substituents is 1. The predicted molar refractivity (Wildman–Crippen MR) is 82.6 cm³/mol. The van der Waals surface area contributed by atoms with E-state index in [1.165, 1.54) is 23.3 Å². The molecule has 0 saturated carbocycles. The van der Waals surface area contributed by atoms with E-state index in [1.807, 2.05) is 12.1 Å². The molecule has 0 fully saturated rings. The molecule has 2 aromatic carbocycles. The molecular weight excluding hydrogens is 286 g/mol. The second-order valence-electron chi connectivity index (χ2n) is 5.26. The molecule has 0 bridgehead atoms. The molecule has 108 valence electrons. The number of hydrogen-bond acceptors (Lipinski definition) is 2. The molecule has 1 aliphatic heterocycles. The van der Waals surface area contributed by atoms with E-state index in [4.69, 9.17) is 11.6 Å². The van der Waals surface area contributed by atoms with Crippen LogP contribution in [0.1, 0.15) is 27.9 Å². The predicted octanol–water partition coefficient (Wildman–Crippen LogP) is 3.63. The smallest absolute Gasteiger partial charge is 0.255 e. The van der Waals surface area contributed by atoms with Gasteiger partial charge in [0, 0.05) is 13.1 Å². The molecule has 0 atom stereocenters. The number of aromatic hydroxyl groups is 1. The highest BCUT2D eigenvalue weighted by molar-refractivity contribution is 6.33. The molecule has 1 N–H and O–H groups in total. The summed E-state index contributed by atoms with van der Waals surface area (Å²) in [5.41, 5.74) is 2.84. The standard InChI is InChI=1S/C17H16ClNO2/c18-16-8-7-14(20)10-15(16)17(21)19-9-3-6-12-4-1-2-5-13(12)11-19/h1-2,4-5,7-8,10,20H,3,6,9,11H2. The quantitative estimate of drug-likeness (QED) is 0.873. The fraction of sp³-hybridized carbons (Fsp3) is 0.235. The van der Waals surface area contributed by atoms with E-state index in [-0.39, 0.29) is 11.7 Å². The lowest BCUT2D eigenvalue weighted by atomic mass is 10.0. The van der Waals surface area contributed by atoms with Crippen LogP contribution in [0.15, 0.2) is 42.5 Å². The average molecular weight is 302 g/mol. The van der Waals surface area contributed by atoms with Gasteiger partial charge >= 0.3 is 0 Å². The number of halogens is 1. The van der Waals surface area contributed by atoms with Gasteiger partial charge in [-0.1, -0.05) is 35.9 Å². The van der Waals surface area contributed by atoms with E-state index in [0.29, 0.717) is 23.7 Å². The highest BCUT2D eigenvalue weighted by atomic mass is 35.5. The maximum absolute atomic E-state index is 12.7. The molecule has 1 aliphatic rings. The van der Waals surface area contributed by atoms with Crippen molar-refractivity contribution in [1.29, 1.82) is 0 Å². The molecule has 0 radical (unpaired) electrons. The van der Waals surface area contributed by atoms with Gasteiger partial charge in [-0.15, -0.1) is 0 Å². The fourth-order valence-corrected chi connectivity index (χ4v) is 2.92. The number of nitrogens with zero attached hydrogens (tertiary/aromatic N) is 1. The van der Waals surface area contributed by atoms with E-state index >= 15 is 0 Å². The number of phenols is 1. The van der Waals surface area contributed by atoms with Crippen molar-refractivity contribution in [2.24, 2.45) is 0 Å². The van der Waals surface area contributed by atoms with Crippen LogP contribution in [0.3, 0.4) is 0 Å². The van der Waals surface area contributed by atoms with Crippen LogP contribution < -0.4 is 0 Å². The zero-order chi connectivity index (χ0) is 14.8. The number of benzene rings is 2. The molecular formula is C17H16ClNO2. The van der Waals surface area contributed by atoms with Crippen LogP contribution in [0.25, 0.3) is 0 Å². The molecule has 4 heteroatoms. The number of rotatable bonds is 1. The fourth-order valence-electron chi connectivity index (χ4n) is 2.72. The summed E-state index contributed by atoms with van der Waals surface area (Å²) in [6.07, 6.45) is 1.91. The van der Waals surface area contributed by atoms with Crippen molar-refractivity contribution in [2.45, 2.75) is 19.4 Å². The maximum atomic E-state index is 12.7. The minimum absolute atomic E-state index is 0.0537. The molecule has 0 aromatic heterocycles. The number of aryl methyl sites for hydroxylation is 1. The van der Waals surface area contributed by atoms with Crippen LogP contribution in [0, 0.1) is 0 Å². The summed E-state index contributed by atoms with van der Waals surface area (Å²) in [7, 11) is 0. The minimum atomic E-state index is -0.132. The summed E-state index contributed by atoms with van der Waals surface area (Å²) >= 11 is 6.09. The third-order valence-corrected chi connectivity index (χ3v) is 4.15. The Morgan fingerprint density at radius 1 is 1.14 bits per heavy atom. The van der Waals surface area contributed by atoms with E-state index in [9.17, 15) is 9.90 Å². The van der Waals surface area contributed by atoms with Gasteiger partial charge in [-0.05, 0) is 42.2 Å². The highest BCUT2D eigenvalue weighted by Gasteiger charge is 2.22. The van der Waals surface area contributed by atoms with Crippen molar-refractivity contribution in [3.8, 4) is 5.75 Å². The Kier molecular flexibility index (Phi) is 3.84. The summed E-state index contributed by atoms with van der Waals surface area (Å²) in [5, 5.41) is 9.94. The lowest BCUT2D eigenvalue weighted by molar-refractivity contribution is 0.0745. The summed E-state index contributed by atoms with van der Waals surface area (Å²) in [6, 6.07) is 12.7. The molecule has 21 heavy (non-hydrogen) atoms. The van der Waals surface area contributed by atoms with Gasteiger partial charge in [0.05, 0.1) is 10.6 Å². The van der Waals surface area contributed by atoms with E-state index in [0.717, 1.165) is 12.8 Å². The molecule has 3 nitrogen and oxygen atoms in total. The van der Waals surface area contributed by atoms with Crippen LogP contribution in [-0.2, 0) is 13.0 Å². The second-order valence-corrected chi connectivity index (χ2v) is 5.67. The number of fused-ring (bicyclic) bond motifs is 1. The Bertz CT molecular complexity index is 684. The van der Waals surface area contributed by atoms with Crippen LogP contribution in [0.4, 0.5) is 0 Å². The van der Waals surface area contributed by atoms with Gasteiger partial charge < -0.3 is 10.0 Å². The largest absolute Gasteiger partial charge is 0.508 e. The van der Waals surface area contributed by atoms with Gasteiger partial charge in [0.2, 0.25) is 0 Å². The lowest BCUT2D eigenvalue weighted by Gasteiger charge is -2.21. The summed E-state index contributed by atoms with van der Waals surface area (Å²) in [6.45, 7) is 1.28. The van der Waals surface area contributed by atoms with Crippen molar-refractivity contribution in [3.05, 3.63) is 64.2 Å². The van der Waals surface area contributed by atoms with Crippen LogP contribution >= 0.6 is 11.6 Å².